The van der Waals surface area contributed by atoms with Crippen LogP contribution in [-0.4, -0.2) is 15.1 Å². The zero-order chi connectivity index (χ0) is 11.7. The van der Waals surface area contributed by atoms with Crippen molar-refractivity contribution < 1.29 is 5.11 Å². The zero-order valence-electron chi connectivity index (χ0n) is 9.41. The van der Waals surface area contributed by atoms with E-state index in [4.69, 9.17) is 0 Å². The summed E-state index contributed by atoms with van der Waals surface area (Å²) >= 11 is 1.51. The summed E-state index contributed by atoms with van der Waals surface area (Å²) < 4.78 is 0. The van der Waals surface area contributed by atoms with Gasteiger partial charge in [0.1, 0.15) is 0 Å². The van der Waals surface area contributed by atoms with Crippen molar-refractivity contribution >= 4 is 11.3 Å². The topological polar surface area (TPSA) is 46.0 Å². The first kappa shape index (κ1) is 10.9. The Labute approximate surface area is 104 Å². The van der Waals surface area contributed by atoms with Crippen LogP contribution in [0.5, 0.6) is 0 Å². The van der Waals surface area contributed by atoms with E-state index in [0.717, 1.165) is 29.8 Å². The van der Waals surface area contributed by atoms with Crippen molar-refractivity contribution in [2.24, 2.45) is 0 Å². The van der Waals surface area contributed by atoms with Gasteiger partial charge in [0, 0.05) is 24.0 Å². The van der Waals surface area contributed by atoms with Gasteiger partial charge in [-0.1, -0.05) is 6.07 Å². The lowest BCUT2D eigenvalue weighted by Crippen LogP contribution is -2.18. The Bertz CT molecular complexity index is 498. The lowest BCUT2D eigenvalue weighted by molar-refractivity contribution is 0.137. The second-order valence-corrected chi connectivity index (χ2v) is 5.31. The van der Waals surface area contributed by atoms with Crippen LogP contribution < -0.4 is 0 Å². The maximum Gasteiger partial charge on any atom is 0.0981 e. The van der Waals surface area contributed by atoms with Gasteiger partial charge >= 0.3 is 0 Å². The minimum atomic E-state index is -0.462. The number of rotatable bonds is 2. The fraction of sp³-hybridized carbons (Fsp3) is 0.385. The highest BCUT2D eigenvalue weighted by atomic mass is 32.1. The predicted octanol–water partition coefficient (Wildman–Crippen LogP) is 2.69. The van der Waals surface area contributed by atoms with Crippen molar-refractivity contribution in [1.82, 2.24) is 9.97 Å². The van der Waals surface area contributed by atoms with Crippen LogP contribution in [0.3, 0.4) is 0 Å². The molecule has 2 aromatic rings. The van der Waals surface area contributed by atoms with Crippen LogP contribution in [0.4, 0.5) is 0 Å². The summed E-state index contributed by atoms with van der Waals surface area (Å²) in [6.45, 7) is 0. The highest BCUT2D eigenvalue weighted by Gasteiger charge is 2.29. The maximum absolute atomic E-state index is 10.4. The summed E-state index contributed by atoms with van der Waals surface area (Å²) in [7, 11) is 0. The summed E-state index contributed by atoms with van der Waals surface area (Å²) in [4.78, 5) is 9.43. The van der Waals surface area contributed by atoms with Gasteiger partial charge in [-0.25, -0.2) is 0 Å². The summed E-state index contributed by atoms with van der Waals surface area (Å²) in [6.07, 6.45) is 6.32. The molecule has 1 aliphatic carbocycles. The van der Waals surface area contributed by atoms with Crippen molar-refractivity contribution in [3.8, 4) is 0 Å². The van der Waals surface area contributed by atoms with Gasteiger partial charge in [-0.2, -0.15) is 0 Å². The van der Waals surface area contributed by atoms with E-state index in [0.29, 0.717) is 0 Å². The molecule has 2 unspecified atom stereocenters. The van der Waals surface area contributed by atoms with Crippen molar-refractivity contribution in [3.63, 3.8) is 0 Å². The Kier molecular flexibility index (Phi) is 2.91. The summed E-state index contributed by atoms with van der Waals surface area (Å²) in [5.74, 6) is 0.125. The van der Waals surface area contributed by atoms with Crippen LogP contribution >= 0.6 is 11.3 Å². The standard InChI is InChI=1S/C13H14N2OS/c16-13(11-7-14-8-17-11)10-5-1-3-9-4-2-6-15-12(9)10/h2,4,6-8,10,13,16H,1,3,5H2. The maximum atomic E-state index is 10.4. The van der Waals surface area contributed by atoms with Gasteiger partial charge < -0.3 is 5.11 Å². The van der Waals surface area contributed by atoms with Crippen molar-refractivity contribution in [3.05, 3.63) is 46.2 Å². The van der Waals surface area contributed by atoms with Gasteiger partial charge in [-0.05, 0) is 30.9 Å². The first-order valence-electron chi connectivity index (χ1n) is 5.86. The van der Waals surface area contributed by atoms with Crippen LogP contribution in [0, 0.1) is 0 Å². The number of fused-ring (bicyclic) bond motifs is 1. The lowest BCUT2D eigenvalue weighted by Gasteiger charge is -2.27. The number of thiazole rings is 1. The van der Waals surface area contributed by atoms with Crippen molar-refractivity contribution in [1.29, 1.82) is 0 Å². The molecule has 0 aromatic carbocycles. The van der Waals surface area contributed by atoms with E-state index in [1.165, 1.54) is 16.9 Å². The highest BCUT2D eigenvalue weighted by Crippen LogP contribution is 2.39. The van der Waals surface area contributed by atoms with Crippen LogP contribution in [0.2, 0.25) is 0 Å². The molecule has 17 heavy (non-hydrogen) atoms. The normalized spacial score (nSPS) is 20.9. The van der Waals surface area contributed by atoms with Gasteiger partial charge in [0.2, 0.25) is 0 Å². The Morgan fingerprint density at radius 2 is 2.41 bits per heavy atom. The van der Waals surface area contributed by atoms with E-state index in [2.05, 4.69) is 16.0 Å². The number of pyridine rings is 1. The van der Waals surface area contributed by atoms with E-state index >= 15 is 0 Å². The number of hydrogen-bond acceptors (Lipinski definition) is 4. The number of aromatic nitrogens is 2. The SMILES string of the molecule is OC(c1cncs1)C1CCCc2cccnc21. The molecular formula is C13H14N2OS. The van der Waals surface area contributed by atoms with Gasteiger partial charge in [0.15, 0.2) is 0 Å². The van der Waals surface area contributed by atoms with E-state index in [-0.39, 0.29) is 5.92 Å². The highest BCUT2D eigenvalue weighted by molar-refractivity contribution is 7.09. The van der Waals surface area contributed by atoms with Gasteiger partial charge in [-0.15, -0.1) is 11.3 Å². The summed E-state index contributed by atoms with van der Waals surface area (Å²) in [5.41, 5.74) is 4.12. The van der Waals surface area contributed by atoms with Gasteiger partial charge in [-0.3, -0.25) is 9.97 Å². The largest absolute Gasteiger partial charge is 0.387 e. The predicted molar refractivity (Wildman–Crippen MR) is 67.0 cm³/mol. The van der Waals surface area contributed by atoms with Crippen molar-refractivity contribution in [2.75, 3.05) is 0 Å². The molecule has 2 atom stereocenters. The fourth-order valence-electron chi connectivity index (χ4n) is 2.52. The minimum absolute atomic E-state index is 0.125. The third-order valence-electron chi connectivity index (χ3n) is 3.36. The Morgan fingerprint density at radius 3 is 3.24 bits per heavy atom. The molecule has 88 valence electrons. The molecule has 1 aliphatic rings. The first-order valence-corrected chi connectivity index (χ1v) is 6.74. The number of hydrogen-bond donors (Lipinski definition) is 1. The molecule has 0 aliphatic heterocycles. The molecule has 2 heterocycles. The monoisotopic (exact) mass is 246 g/mol. The Hall–Kier alpha value is -1.26. The van der Waals surface area contributed by atoms with E-state index in [1.807, 2.05) is 12.3 Å². The fourth-order valence-corrected chi connectivity index (χ4v) is 3.19. The smallest absolute Gasteiger partial charge is 0.0981 e. The molecule has 0 amide bonds. The molecule has 0 fully saturated rings. The van der Waals surface area contributed by atoms with E-state index in [1.54, 1.807) is 11.7 Å². The number of nitrogens with zero attached hydrogens (tertiary/aromatic N) is 2. The van der Waals surface area contributed by atoms with Crippen LogP contribution in [-0.2, 0) is 6.42 Å². The third-order valence-corrected chi connectivity index (χ3v) is 4.21. The summed E-state index contributed by atoms with van der Waals surface area (Å²) in [5, 5.41) is 10.4. The van der Waals surface area contributed by atoms with E-state index < -0.39 is 6.10 Å². The lowest BCUT2D eigenvalue weighted by atomic mass is 9.83. The van der Waals surface area contributed by atoms with Crippen LogP contribution in [0.1, 0.15) is 41.0 Å². The van der Waals surface area contributed by atoms with Crippen molar-refractivity contribution in [2.45, 2.75) is 31.3 Å². The van der Waals surface area contributed by atoms with Crippen LogP contribution in [0.25, 0.3) is 0 Å². The molecule has 0 saturated heterocycles. The molecule has 0 saturated carbocycles. The minimum Gasteiger partial charge on any atom is -0.387 e. The first-order chi connectivity index (χ1) is 8.36. The van der Waals surface area contributed by atoms with E-state index in [9.17, 15) is 5.11 Å². The Morgan fingerprint density at radius 1 is 1.47 bits per heavy atom. The number of aryl methyl sites for hydroxylation is 1. The zero-order valence-corrected chi connectivity index (χ0v) is 10.2. The Balaban J connectivity index is 1.95. The average molecular weight is 246 g/mol. The molecule has 0 radical (unpaired) electrons. The van der Waals surface area contributed by atoms with Gasteiger partial charge in [0.05, 0.1) is 16.5 Å². The molecule has 3 rings (SSSR count). The molecule has 0 spiro atoms. The van der Waals surface area contributed by atoms with Crippen LogP contribution in [0.15, 0.2) is 30.0 Å². The molecule has 3 nitrogen and oxygen atoms in total. The molecule has 1 N–H and O–H groups in total. The quantitative estimate of drug-likeness (QED) is 0.886. The molecule has 0 bridgehead atoms. The number of aliphatic hydroxyl groups excluding tert-OH is 1. The average Bonchev–Trinajstić information content (AvgIpc) is 2.91. The van der Waals surface area contributed by atoms with Gasteiger partial charge in [0.25, 0.3) is 0 Å². The molecule has 4 heteroatoms. The second kappa shape index (κ2) is 4.55. The number of aliphatic hydroxyl groups is 1. The molecule has 2 aromatic heterocycles. The second-order valence-electron chi connectivity index (χ2n) is 4.40. The summed E-state index contributed by atoms with van der Waals surface area (Å²) in [6, 6.07) is 4.09. The molecular weight excluding hydrogens is 232 g/mol. The third kappa shape index (κ3) is 1.98.